The zero-order valence-electron chi connectivity index (χ0n) is 12.1. The summed E-state index contributed by atoms with van der Waals surface area (Å²) in [5.74, 6) is 0.628. The van der Waals surface area contributed by atoms with E-state index in [-0.39, 0.29) is 6.03 Å². The van der Waals surface area contributed by atoms with E-state index in [4.69, 9.17) is 10.5 Å². The number of ether oxygens (including phenoxy) is 1. The number of nitrogens with one attached hydrogen (secondary N) is 2. The van der Waals surface area contributed by atoms with E-state index in [1.807, 2.05) is 37.3 Å². The molecule has 0 aliphatic carbocycles. The summed E-state index contributed by atoms with van der Waals surface area (Å²) in [7, 11) is 1.57. The Morgan fingerprint density at radius 1 is 1.24 bits per heavy atom. The van der Waals surface area contributed by atoms with E-state index in [0.717, 1.165) is 16.8 Å². The van der Waals surface area contributed by atoms with E-state index in [2.05, 4.69) is 10.6 Å². The van der Waals surface area contributed by atoms with E-state index < -0.39 is 0 Å². The van der Waals surface area contributed by atoms with Crippen LogP contribution in [0.15, 0.2) is 42.5 Å². The van der Waals surface area contributed by atoms with Gasteiger partial charge in [0.2, 0.25) is 0 Å². The number of amides is 2. The largest absolute Gasteiger partial charge is 0.495 e. The van der Waals surface area contributed by atoms with E-state index in [9.17, 15) is 4.79 Å². The number of aryl methyl sites for hydroxylation is 1. The molecular weight excluding hydrogens is 266 g/mol. The molecule has 2 rings (SSSR count). The third-order valence-corrected chi connectivity index (χ3v) is 3.02. The van der Waals surface area contributed by atoms with E-state index in [1.54, 1.807) is 19.2 Å². The summed E-state index contributed by atoms with van der Waals surface area (Å²) in [4.78, 5) is 11.8. The molecule has 0 heterocycles. The first-order valence-corrected chi connectivity index (χ1v) is 6.62. The second-order valence-electron chi connectivity index (χ2n) is 4.75. The molecule has 110 valence electrons. The molecule has 0 fully saturated rings. The Morgan fingerprint density at radius 3 is 2.71 bits per heavy atom. The predicted molar refractivity (Wildman–Crippen MR) is 84.4 cm³/mol. The number of anilines is 2. The maximum atomic E-state index is 11.8. The van der Waals surface area contributed by atoms with Gasteiger partial charge in [0.25, 0.3) is 0 Å². The second kappa shape index (κ2) is 6.65. The fraction of sp³-hybridized carbons (Fsp3) is 0.188. The van der Waals surface area contributed by atoms with Crippen LogP contribution in [0, 0.1) is 6.92 Å². The molecule has 4 N–H and O–H groups in total. The number of carbonyl (C=O) groups is 1. The van der Waals surface area contributed by atoms with Gasteiger partial charge in [0.1, 0.15) is 5.75 Å². The average molecular weight is 285 g/mol. The molecule has 5 nitrogen and oxygen atoms in total. The number of methoxy groups -OCH3 is 1. The van der Waals surface area contributed by atoms with Gasteiger partial charge in [0.05, 0.1) is 12.8 Å². The van der Waals surface area contributed by atoms with Gasteiger partial charge in [-0.15, -0.1) is 0 Å². The van der Waals surface area contributed by atoms with Crippen molar-refractivity contribution in [3.05, 3.63) is 53.6 Å². The quantitative estimate of drug-likeness (QED) is 0.756. The molecule has 2 amide bonds. The van der Waals surface area contributed by atoms with E-state index >= 15 is 0 Å². The molecule has 0 aliphatic rings. The highest BCUT2D eigenvalue weighted by Crippen LogP contribution is 2.21. The molecule has 0 bridgehead atoms. The van der Waals surface area contributed by atoms with E-state index in [0.29, 0.717) is 18.0 Å². The van der Waals surface area contributed by atoms with Crippen LogP contribution in [0.5, 0.6) is 5.75 Å². The lowest BCUT2D eigenvalue weighted by molar-refractivity contribution is 0.251. The van der Waals surface area contributed by atoms with Crippen molar-refractivity contribution in [1.82, 2.24) is 5.32 Å². The number of hydrogen-bond acceptors (Lipinski definition) is 3. The van der Waals surface area contributed by atoms with Gasteiger partial charge in [0.15, 0.2) is 0 Å². The van der Waals surface area contributed by atoms with Gasteiger partial charge in [0, 0.05) is 12.2 Å². The lowest BCUT2D eigenvalue weighted by atomic mass is 10.2. The van der Waals surface area contributed by atoms with Crippen LogP contribution >= 0.6 is 0 Å². The second-order valence-corrected chi connectivity index (χ2v) is 4.75. The summed E-state index contributed by atoms with van der Waals surface area (Å²) in [6.07, 6.45) is 0. The standard InChI is InChI=1S/C16H19N3O2/c1-11-4-3-5-13(8-11)19-16(20)18-10-12-6-7-15(21-2)14(17)9-12/h3-9H,10,17H2,1-2H3,(H2,18,19,20). The molecule has 0 atom stereocenters. The van der Waals surface area contributed by atoms with Gasteiger partial charge in [-0.25, -0.2) is 4.79 Å². The van der Waals surface area contributed by atoms with Crippen LogP contribution in [0.1, 0.15) is 11.1 Å². The molecular formula is C16H19N3O2. The normalized spacial score (nSPS) is 10.0. The highest BCUT2D eigenvalue weighted by Gasteiger charge is 2.04. The molecule has 0 saturated carbocycles. The van der Waals surface area contributed by atoms with Gasteiger partial charge in [-0.05, 0) is 42.3 Å². The van der Waals surface area contributed by atoms with Crippen LogP contribution in [0.25, 0.3) is 0 Å². The number of benzene rings is 2. The highest BCUT2D eigenvalue weighted by atomic mass is 16.5. The Hall–Kier alpha value is -2.69. The number of rotatable bonds is 4. The first-order chi connectivity index (χ1) is 10.1. The minimum atomic E-state index is -0.255. The summed E-state index contributed by atoms with van der Waals surface area (Å²) in [5.41, 5.74) is 9.15. The zero-order valence-corrected chi connectivity index (χ0v) is 12.1. The summed E-state index contributed by atoms with van der Waals surface area (Å²) >= 11 is 0. The van der Waals surface area contributed by atoms with E-state index in [1.165, 1.54) is 0 Å². The number of hydrogen-bond donors (Lipinski definition) is 3. The van der Waals surface area contributed by atoms with Crippen molar-refractivity contribution >= 4 is 17.4 Å². The SMILES string of the molecule is COc1ccc(CNC(=O)Nc2cccc(C)c2)cc1N. The molecule has 2 aromatic rings. The summed E-state index contributed by atoms with van der Waals surface area (Å²) < 4.78 is 5.09. The number of nitrogen functional groups attached to an aromatic ring is 1. The molecule has 0 spiro atoms. The number of nitrogens with two attached hydrogens (primary N) is 1. The molecule has 2 aromatic carbocycles. The summed E-state index contributed by atoms with van der Waals surface area (Å²) in [5, 5.41) is 5.57. The molecule has 5 heteroatoms. The van der Waals surface area contributed by atoms with Crippen molar-refractivity contribution < 1.29 is 9.53 Å². The third-order valence-electron chi connectivity index (χ3n) is 3.02. The molecule has 0 aromatic heterocycles. The summed E-state index contributed by atoms with van der Waals surface area (Å²) in [6.45, 7) is 2.37. The van der Waals surface area contributed by atoms with Crippen molar-refractivity contribution in [2.75, 3.05) is 18.2 Å². The predicted octanol–water partition coefficient (Wildman–Crippen LogP) is 2.91. The lowest BCUT2D eigenvalue weighted by Crippen LogP contribution is -2.28. The average Bonchev–Trinajstić information content (AvgIpc) is 2.45. The molecule has 0 saturated heterocycles. The van der Waals surface area contributed by atoms with Gasteiger partial charge >= 0.3 is 6.03 Å². The minimum absolute atomic E-state index is 0.255. The first kappa shape index (κ1) is 14.7. The van der Waals surface area contributed by atoms with Crippen LogP contribution in [-0.4, -0.2) is 13.1 Å². The van der Waals surface area contributed by atoms with Crippen molar-refractivity contribution in [2.45, 2.75) is 13.5 Å². The maximum Gasteiger partial charge on any atom is 0.319 e. The Labute approximate surface area is 124 Å². The van der Waals surface area contributed by atoms with Crippen molar-refractivity contribution in [1.29, 1.82) is 0 Å². The van der Waals surface area contributed by atoms with Crippen LogP contribution in [0.3, 0.4) is 0 Å². The Balaban J connectivity index is 1.90. The van der Waals surface area contributed by atoms with Crippen LogP contribution in [-0.2, 0) is 6.54 Å². The van der Waals surface area contributed by atoms with Crippen molar-refractivity contribution in [2.24, 2.45) is 0 Å². The Kier molecular flexibility index (Phi) is 4.66. The van der Waals surface area contributed by atoms with Crippen LogP contribution < -0.4 is 21.1 Å². The smallest absolute Gasteiger partial charge is 0.319 e. The van der Waals surface area contributed by atoms with Gasteiger partial charge in [-0.2, -0.15) is 0 Å². The van der Waals surface area contributed by atoms with Crippen LogP contribution in [0.2, 0.25) is 0 Å². The van der Waals surface area contributed by atoms with Crippen molar-refractivity contribution in [3.8, 4) is 5.75 Å². The van der Waals surface area contributed by atoms with Gasteiger partial charge in [-0.1, -0.05) is 18.2 Å². The van der Waals surface area contributed by atoms with Gasteiger partial charge < -0.3 is 21.1 Å². The lowest BCUT2D eigenvalue weighted by Gasteiger charge is -2.10. The van der Waals surface area contributed by atoms with Crippen molar-refractivity contribution in [3.63, 3.8) is 0 Å². The molecule has 0 radical (unpaired) electrons. The monoisotopic (exact) mass is 285 g/mol. The molecule has 0 aliphatic heterocycles. The first-order valence-electron chi connectivity index (χ1n) is 6.62. The maximum absolute atomic E-state index is 11.8. The fourth-order valence-corrected chi connectivity index (χ4v) is 1.97. The number of carbonyl (C=O) groups excluding carboxylic acids is 1. The molecule has 0 unspecified atom stereocenters. The third kappa shape index (κ3) is 4.14. The topological polar surface area (TPSA) is 76.4 Å². The fourth-order valence-electron chi connectivity index (χ4n) is 1.97. The van der Waals surface area contributed by atoms with Crippen LogP contribution in [0.4, 0.5) is 16.2 Å². The molecule has 21 heavy (non-hydrogen) atoms. The van der Waals surface area contributed by atoms with Gasteiger partial charge in [-0.3, -0.25) is 0 Å². The Bertz CT molecular complexity index is 641. The summed E-state index contributed by atoms with van der Waals surface area (Å²) in [6, 6.07) is 12.8. The zero-order chi connectivity index (χ0) is 15.2. The Morgan fingerprint density at radius 2 is 2.05 bits per heavy atom. The highest BCUT2D eigenvalue weighted by molar-refractivity contribution is 5.89. The number of urea groups is 1. The minimum Gasteiger partial charge on any atom is -0.495 e.